The van der Waals surface area contributed by atoms with Crippen molar-refractivity contribution in [1.82, 2.24) is 9.55 Å². The first-order chi connectivity index (χ1) is 13.0. The zero-order valence-corrected chi connectivity index (χ0v) is 16.9. The van der Waals surface area contributed by atoms with Crippen LogP contribution in [0.5, 0.6) is 0 Å². The number of hydrogen-bond donors (Lipinski definition) is 0. The Kier molecular flexibility index (Phi) is 5.01. The number of esters is 1. The van der Waals surface area contributed by atoms with E-state index < -0.39 is 0 Å². The highest BCUT2D eigenvalue weighted by atomic mass is 32.2. The Bertz CT molecular complexity index is 925. The molecule has 0 spiro atoms. The van der Waals surface area contributed by atoms with Crippen molar-refractivity contribution in [2.45, 2.75) is 69.0 Å². The van der Waals surface area contributed by atoms with E-state index >= 15 is 0 Å². The third-order valence-corrected chi connectivity index (χ3v) is 7.31. The Balaban J connectivity index is 1.83. The third-order valence-electron chi connectivity index (χ3n) is 6.14. The predicted molar refractivity (Wildman–Crippen MR) is 107 cm³/mol. The van der Waals surface area contributed by atoms with Gasteiger partial charge in [0.25, 0.3) is 5.56 Å². The van der Waals surface area contributed by atoms with E-state index in [-0.39, 0.29) is 28.9 Å². The molecule has 6 heteroatoms. The van der Waals surface area contributed by atoms with Crippen molar-refractivity contribution >= 4 is 28.6 Å². The van der Waals surface area contributed by atoms with Crippen molar-refractivity contribution < 1.29 is 9.53 Å². The first-order valence-corrected chi connectivity index (χ1v) is 10.7. The molecule has 2 aliphatic rings. The molecule has 2 fully saturated rings. The van der Waals surface area contributed by atoms with Gasteiger partial charge >= 0.3 is 5.97 Å². The molecule has 1 aliphatic carbocycles. The number of fused-ring (bicyclic) bond motifs is 1. The maximum absolute atomic E-state index is 13.4. The van der Waals surface area contributed by atoms with Crippen molar-refractivity contribution in [3.63, 3.8) is 0 Å². The van der Waals surface area contributed by atoms with Gasteiger partial charge in [-0.1, -0.05) is 50.6 Å². The molecule has 0 unspecified atom stereocenters. The van der Waals surface area contributed by atoms with Gasteiger partial charge in [0.2, 0.25) is 0 Å². The van der Waals surface area contributed by atoms with Crippen molar-refractivity contribution in [3.8, 4) is 0 Å². The fourth-order valence-electron chi connectivity index (χ4n) is 4.36. The van der Waals surface area contributed by atoms with Gasteiger partial charge in [-0.2, -0.15) is 0 Å². The molecule has 1 aromatic heterocycles. The number of hydrogen-bond acceptors (Lipinski definition) is 5. The molecule has 0 bridgehead atoms. The zero-order valence-electron chi connectivity index (χ0n) is 16.1. The van der Waals surface area contributed by atoms with Crippen LogP contribution in [0.3, 0.4) is 0 Å². The fraction of sp³-hybridized carbons (Fsp3) is 0.571. The van der Waals surface area contributed by atoms with Gasteiger partial charge < -0.3 is 4.74 Å². The second kappa shape index (κ2) is 7.30. The number of rotatable bonds is 3. The normalized spacial score (nSPS) is 31.2. The second-order valence-corrected chi connectivity index (χ2v) is 9.18. The lowest BCUT2D eigenvalue weighted by molar-refractivity contribution is -0.140. The first-order valence-electron chi connectivity index (χ1n) is 9.84. The molecular formula is C21H26N2O3S. The molecule has 1 aliphatic heterocycles. The number of ether oxygens (including phenoxy) is 1. The summed E-state index contributed by atoms with van der Waals surface area (Å²) in [6, 6.07) is 7.61. The highest BCUT2D eigenvalue weighted by molar-refractivity contribution is 8.00. The lowest BCUT2D eigenvalue weighted by Gasteiger charge is -2.36. The number of carbonyl (C=O) groups is 1. The number of thioether (sulfide) groups is 1. The molecular weight excluding hydrogens is 360 g/mol. The van der Waals surface area contributed by atoms with Crippen LogP contribution in [-0.2, 0) is 9.53 Å². The molecule has 5 atom stereocenters. The molecule has 0 N–H and O–H groups in total. The Morgan fingerprint density at radius 1 is 1.15 bits per heavy atom. The topological polar surface area (TPSA) is 61.2 Å². The lowest BCUT2D eigenvalue weighted by atomic mass is 9.78. The zero-order chi connectivity index (χ0) is 19.1. The maximum atomic E-state index is 13.4. The van der Waals surface area contributed by atoms with Crippen LogP contribution in [0.2, 0.25) is 0 Å². The number of aromatic nitrogens is 2. The molecule has 0 amide bonds. The van der Waals surface area contributed by atoms with E-state index in [2.05, 4.69) is 13.8 Å². The summed E-state index contributed by atoms with van der Waals surface area (Å²) in [6.45, 7) is 6.40. The van der Waals surface area contributed by atoms with Crippen molar-refractivity contribution in [2.24, 2.45) is 11.8 Å². The van der Waals surface area contributed by atoms with Crippen LogP contribution in [0.4, 0.5) is 0 Å². The van der Waals surface area contributed by atoms with Crippen LogP contribution in [0, 0.1) is 11.8 Å². The number of para-hydroxylation sites is 1. The van der Waals surface area contributed by atoms with E-state index in [9.17, 15) is 9.59 Å². The third kappa shape index (κ3) is 3.40. The molecule has 0 radical (unpaired) electrons. The molecule has 4 rings (SSSR count). The average molecular weight is 387 g/mol. The Hall–Kier alpha value is -1.82. The monoisotopic (exact) mass is 386 g/mol. The highest BCUT2D eigenvalue weighted by Gasteiger charge is 2.36. The molecule has 1 saturated heterocycles. The van der Waals surface area contributed by atoms with Gasteiger partial charge in [-0.3, -0.25) is 14.2 Å². The minimum atomic E-state index is -0.296. The number of carbonyl (C=O) groups excluding carboxylic acids is 1. The Morgan fingerprint density at radius 2 is 1.93 bits per heavy atom. The molecule has 27 heavy (non-hydrogen) atoms. The summed E-state index contributed by atoms with van der Waals surface area (Å²) < 4.78 is 7.19. The molecule has 144 valence electrons. The smallest absolute Gasteiger partial charge is 0.319 e. The fourth-order valence-corrected chi connectivity index (χ4v) is 5.62. The van der Waals surface area contributed by atoms with Gasteiger partial charge in [0.15, 0.2) is 5.16 Å². The summed E-state index contributed by atoms with van der Waals surface area (Å²) >= 11 is 1.39. The van der Waals surface area contributed by atoms with Gasteiger partial charge in [-0.15, -0.1) is 0 Å². The molecule has 1 aromatic carbocycles. The summed E-state index contributed by atoms with van der Waals surface area (Å²) in [5, 5.41) is 1.01. The van der Waals surface area contributed by atoms with E-state index in [0.717, 1.165) is 12.8 Å². The van der Waals surface area contributed by atoms with Crippen molar-refractivity contribution in [1.29, 1.82) is 0 Å². The van der Waals surface area contributed by atoms with Gasteiger partial charge in [-0.05, 0) is 37.3 Å². The summed E-state index contributed by atoms with van der Waals surface area (Å²) in [4.78, 5) is 30.4. The van der Waals surface area contributed by atoms with Crippen LogP contribution < -0.4 is 5.56 Å². The van der Waals surface area contributed by atoms with E-state index in [0.29, 0.717) is 34.3 Å². The minimum absolute atomic E-state index is 0.00784. The summed E-state index contributed by atoms with van der Waals surface area (Å²) in [5.74, 6) is 0.760. The number of cyclic esters (lactones) is 1. The largest absolute Gasteiger partial charge is 0.462 e. The lowest BCUT2D eigenvalue weighted by Crippen LogP contribution is -2.35. The van der Waals surface area contributed by atoms with Gasteiger partial charge in [-0.25, -0.2) is 4.98 Å². The van der Waals surface area contributed by atoms with Crippen LogP contribution in [0.15, 0.2) is 34.2 Å². The number of benzene rings is 1. The van der Waals surface area contributed by atoms with Crippen LogP contribution >= 0.6 is 11.8 Å². The van der Waals surface area contributed by atoms with E-state index in [1.165, 1.54) is 18.2 Å². The SMILES string of the molecule is C[C@H]1[C@H](C)CCC[C@H]1n1c(S[C@H]2C[C@@H](C)OC2=O)nc2ccccc2c1=O. The summed E-state index contributed by atoms with van der Waals surface area (Å²) in [6.07, 6.45) is 3.86. The molecule has 5 nitrogen and oxygen atoms in total. The van der Waals surface area contributed by atoms with Crippen molar-refractivity contribution in [2.75, 3.05) is 0 Å². The van der Waals surface area contributed by atoms with Gasteiger partial charge in [0.1, 0.15) is 11.4 Å². The number of nitrogens with zero attached hydrogens (tertiary/aromatic N) is 2. The Morgan fingerprint density at radius 3 is 2.67 bits per heavy atom. The molecule has 2 heterocycles. The van der Waals surface area contributed by atoms with Gasteiger partial charge in [0.05, 0.1) is 10.9 Å². The summed E-state index contributed by atoms with van der Waals surface area (Å²) in [7, 11) is 0. The van der Waals surface area contributed by atoms with Crippen molar-refractivity contribution in [3.05, 3.63) is 34.6 Å². The maximum Gasteiger partial charge on any atom is 0.319 e. The van der Waals surface area contributed by atoms with E-state index in [1.54, 1.807) is 0 Å². The van der Waals surface area contributed by atoms with Crippen LogP contribution in [0.1, 0.15) is 52.5 Å². The quantitative estimate of drug-likeness (QED) is 0.585. The predicted octanol–water partition coefficient (Wildman–Crippen LogP) is 4.19. The summed E-state index contributed by atoms with van der Waals surface area (Å²) in [5.41, 5.74) is 0.700. The molecule has 1 saturated carbocycles. The molecule has 2 aromatic rings. The van der Waals surface area contributed by atoms with Crippen LogP contribution in [0.25, 0.3) is 10.9 Å². The standard InChI is InChI=1S/C21H26N2O3S/c1-12-7-6-10-17(14(12)3)23-19(24)15-8-4-5-9-16(15)22-21(23)27-18-11-13(2)26-20(18)25/h4-5,8-9,12-14,17-18H,6-7,10-11H2,1-3H3/t12-,13-,14+,17-,18+/m1/s1. The van der Waals surface area contributed by atoms with E-state index in [4.69, 9.17) is 9.72 Å². The minimum Gasteiger partial charge on any atom is -0.462 e. The highest BCUT2D eigenvalue weighted by Crippen LogP contribution is 2.40. The van der Waals surface area contributed by atoms with E-state index in [1.807, 2.05) is 35.8 Å². The first kappa shape index (κ1) is 18.5. The second-order valence-electron chi connectivity index (χ2n) is 8.01. The average Bonchev–Trinajstić information content (AvgIpc) is 2.95. The van der Waals surface area contributed by atoms with Crippen LogP contribution in [-0.4, -0.2) is 26.9 Å². The van der Waals surface area contributed by atoms with Gasteiger partial charge in [0, 0.05) is 12.5 Å². The Labute approximate surface area is 163 Å².